The fraction of sp³-hybridized carbons (Fsp3) is 0.208. The summed E-state index contributed by atoms with van der Waals surface area (Å²) in [5.41, 5.74) is 5.91. The van der Waals surface area contributed by atoms with Gasteiger partial charge < -0.3 is 33.5 Å². The highest BCUT2D eigenvalue weighted by Crippen LogP contribution is 2.48. The molecule has 0 saturated heterocycles. The van der Waals surface area contributed by atoms with Crippen molar-refractivity contribution in [2.75, 3.05) is 21.3 Å². The normalized spacial score (nSPS) is 14.3. The Morgan fingerprint density at radius 2 is 1.18 bits per heavy atom. The second-order valence-electron chi connectivity index (χ2n) is 6.87. The summed E-state index contributed by atoms with van der Waals surface area (Å²) < 4.78 is 13.1. The molecule has 1 heterocycles. The van der Waals surface area contributed by atoms with Gasteiger partial charge in [-0.1, -0.05) is 42.5 Å². The van der Waals surface area contributed by atoms with Crippen molar-refractivity contribution in [2.24, 2.45) is 0 Å². The molecule has 3 aromatic carbocycles. The third-order valence-corrected chi connectivity index (χ3v) is 5.76. The lowest BCUT2D eigenvalue weighted by molar-refractivity contribution is -0.402. The summed E-state index contributed by atoms with van der Waals surface area (Å²) in [5.74, 6) is 1.72. The summed E-state index contributed by atoms with van der Waals surface area (Å²) in [7, 11) is 5.54. The van der Waals surface area contributed by atoms with Crippen LogP contribution in [0.1, 0.15) is 23.6 Å². The molecule has 0 spiro atoms. The summed E-state index contributed by atoms with van der Waals surface area (Å²) in [6, 6.07) is 25.5. The van der Waals surface area contributed by atoms with Crippen LogP contribution in [0.2, 0.25) is 0 Å². The topological polar surface area (TPSA) is 21.5 Å². The molecule has 0 aromatic heterocycles. The van der Waals surface area contributed by atoms with Gasteiger partial charge in [-0.3, -0.25) is 0 Å². The van der Waals surface area contributed by atoms with Gasteiger partial charge in [-0.2, -0.15) is 0 Å². The molecule has 0 bridgehead atoms. The van der Waals surface area contributed by atoms with Gasteiger partial charge in [0.15, 0.2) is 5.71 Å². The van der Waals surface area contributed by atoms with Gasteiger partial charge in [0.25, 0.3) is 0 Å². The number of halogens is 1. The number of hydrogen-bond donors (Lipinski definition) is 0. The molecule has 0 N–H and O–H groups in total. The van der Waals surface area contributed by atoms with Crippen LogP contribution in [0, 0.1) is 0 Å². The molecule has 0 amide bonds. The molecule has 144 valence electrons. The van der Waals surface area contributed by atoms with Crippen molar-refractivity contribution < 1.29 is 38.0 Å². The maximum absolute atomic E-state index is 5.38. The summed E-state index contributed by atoms with van der Waals surface area (Å²) >= 11 is 0. The van der Waals surface area contributed by atoms with Crippen molar-refractivity contribution in [1.29, 1.82) is 0 Å². The number of fused-ring (bicyclic) bond motifs is 1. The molecule has 3 aromatic rings. The smallest absolute Gasteiger partial charge is 0.209 e. The molecular weight excluding hydrogens is 461 g/mol. The number of rotatable bonds is 4. The lowest BCUT2D eigenvalue weighted by Crippen LogP contribution is -3.00. The molecule has 1 aliphatic rings. The van der Waals surface area contributed by atoms with Crippen LogP contribution < -0.4 is 33.5 Å². The Morgan fingerprint density at radius 3 is 1.64 bits per heavy atom. The number of hydrogen-bond acceptors (Lipinski definition) is 2. The largest absolute Gasteiger partial charge is 1.00 e. The third-order valence-electron chi connectivity index (χ3n) is 5.76. The van der Waals surface area contributed by atoms with Gasteiger partial charge in [0, 0.05) is 18.6 Å². The summed E-state index contributed by atoms with van der Waals surface area (Å²) in [5, 5.41) is 0. The maximum Gasteiger partial charge on any atom is 0.209 e. The van der Waals surface area contributed by atoms with Crippen molar-refractivity contribution >= 4 is 11.4 Å². The average molecular weight is 485 g/mol. The number of ether oxygens (including phenoxy) is 2. The molecular formula is C24H24INO2. The predicted molar refractivity (Wildman–Crippen MR) is 109 cm³/mol. The van der Waals surface area contributed by atoms with E-state index in [0.29, 0.717) is 0 Å². The number of benzene rings is 3. The quantitative estimate of drug-likeness (QED) is 0.416. The highest BCUT2D eigenvalue weighted by Gasteiger charge is 2.51. The minimum absolute atomic E-state index is 0. The molecule has 28 heavy (non-hydrogen) atoms. The average Bonchev–Trinajstić information content (AvgIpc) is 2.96. The Bertz CT molecular complexity index is 960. The molecule has 3 nitrogen and oxygen atoms in total. The van der Waals surface area contributed by atoms with E-state index in [9.17, 15) is 0 Å². The van der Waals surface area contributed by atoms with Crippen molar-refractivity contribution in [1.82, 2.24) is 0 Å². The van der Waals surface area contributed by atoms with Crippen molar-refractivity contribution in [3.63, 3.8) is 0 Å². The highest BCUT2D eigenvalue weighted by molar-refractivity contribution is 6.01. The van der Waals surface area contributed by atoms with Crippen LogP contribution in [0.25, 0.3) is 0 Å². The second-order valence-corrected chi connectivity index (χ2v) is 6.87. The van der Waals surface area contributed by atoms with Crippen LogP contribution in [0.3, 0.4) is 0 Å². The first-order valence-electron chi connectivity index (χ1n) is 9.09. The molecule has 4 heteroatoms. The van der Waals surface area contributed by atoms with E-state index in [1.54, 1.807) is 14.2 Å². The molecule has 0 unspecified atom stereocenters. The molecule has 1 aliphatic heterocycles. The Morgan fingerprint density at radius 1 is 0.714 bits per heavy atom. The first kappa shape index (κ1) is 20.4. The molecule has 0 fully saturated rings. The lowest BCUT2D eigenvalue weighted by Gasteiger charge is -2.29. The Hall–Kier alpha value is -2.34. The van der Waals surface area contributed by atoms with E-state index in [1.807, 2.05) is 24.3 Å². The zero-order valence-electron chi connectivity index (χ0n) is 16.6. The fourth-order valence-corrected chi connectivity index (χ4v) is 4.29. The third kappa shape index (κ3) is 2.91. The van der Waals surface area contributed by atoms with Gasteiger partial charge in [-0.25, -0.2) is 4.58 Å². The van der Waals surface area contributed by atoms with Crippen LogP contribution in [-0.2, 0) is 5.41 Å². The summed E-state index contributed by atoms with van der Waals surface area (Å²) in [6.45, 7) is 2.22. The van der Waals surface area contributed by atoms with E-state index in [1.165, 1.54) is 28.1 Å². The van der Waals surface area contributed by atoms with E-state index in [-0.39, 0.29) is 29.4 Å². The SMILES string of the molecule is COc1ccc(C2(c3ccc(OC)cc3)C(C)=[N+](C)c3ccccc32)cc1.[I-]. The van der Waals surface area contributed by atoms with Gasteiger partial charge in [0.1, 0.15) is 24.0 Å². The van der Waals surface area contributed by atoms with Crippen LogP contribution in [0.5, 0.6) is 11.5 Å². The molecule has 0 saturated carbocycles. The van der Waals surface area contributed by atoms with Gasteiger partial charge >= 0.3 is 0 Å². The number of methoxy groups -OCH3 is 2. The zero-order valence-corrected chi connectivity index (χ0v) is 18.7. The fourth-order valence-electron chi connectivity index (χ4n) is 4.29. The van der Waals surface area contributed by atoms with Crippen molar-refractivity contribution in [3.8, 4) is 11.5 Å². The molecule has 0 radical (unpaired) electrons. The molecule has 0 aliphatic carbocycles. The summed E-state index contributed by atoms with van der Waals surface area (Å²) in [6.07, 6.45) is 0. The van der Waals surface area contributed by atoms with Gasteiger partial charge in [-0.15, -0.1) is 0 Å². The minimum atomic E-state index is -0.343. The van der Waals surface area contributed by atoms with Crippen LogP contribution in [-0.4, -0.2) is 31.6 Å². The minimum Gasteiger partial charge on any atom is -1.00 e. The zero-order chi connectivity index (χ0) is 19.0. The predicted octanol–water partition coefficient (Wildman–Crippen LogP) is 1.79. The summed E-state index contributed by atoms with van der Waals surface area (Å²) in [4.78, 5) is 0. The number of para-hydroxylation sites is 1. The second kappa shape index (κ2) is 7.95. The van der Waals surface area contributed by atoms with Crippen LogP contribution in [0.15, 0.2) is 72.8 Å². The standard InChI is InChI=1S/C24H24NO2.HI/c1-17-24(18-9-13-20(26-3)14-10-18,19-11-15-21(27-4)16-12-19)22-7-5-6-8-23(22)25(17)2;/h5-16H,1-4H3;1H/q+1;/p-1. The maximum atomic E-state index is 5.38. The molecule has 0 atom stereocenters. The van der Waals surface area contributed by atoms with Gasteiger partial charge in [0.2, 0.25) is 5.69 Å². The van der Waals surface area contributed by atoms with Crippen LogP contribution >= 0.6 is 0 Å². The van der Waals surface area contributed by atoms with E-state index in [4.69, 9.17) is 9.47 Å². The van der Waals surface area contributed by atoms with Gasteiger partial charge in [-0.05, 0) is 35.4 Å². The van der Waals surface area contributed by atoms with E-state index in [2.05, 4.69) is 67.1 Å². The van der Waals surface area contributed by atoms with E-state index >= 15 is 0 Å². The van der Waals surface area contributed by atoms with E-state index in [0.717, 1.165) is 11.5 Å². The first-order chi connectivity index (χ1) is 13.1. The van der Waals surface area contributed by atoms with Crippen molar-refractivity contribution in [3.05, 3.63) is 89.5 Å². The van der Waals surface area contributed by atoms with Crippen molar-refractivity contribution in [2.45, 2.75) is 12.3 Å². The van der Waals surface area contributed by atoms with Crippen LogP contribution in [0.4, 0.5) is 5.69 Å². The monoisotopic (exact) mass is 485 g/mol. The van der Waals surface area contributed by atoms with E-state index < -0.39 is 0 Å². The Balaban J connectivity index is 0.00000225. The Kier molecular flexibility index (Phi) is 5.79. The highest BCUT2D eigenvalue weighted by atomic mass is 127. The number of nitrogens with zero attached hydrogens (tertiary/aromatic N) is 1. The van der Waals surface area contributed by atoms with Gasteiger partial charge in [0.05, 0.1) is 14.2 Å². The lowest BCUT2D eigenvalue weighted by atomic mass is 9.67. The first-order valence-corrected chi connectivity index (χ1v) is 9.09. The molecule has 4 rings (SSSR count). The Labute approximate surface area is 183 Å².